The molecule has 0 spiro atoms. The molecule has 0 unspecified atom stereocenters. The minimum Gasteiger partial charge on any atom is -0.334 e. The van der Waals surface area contributed by atoms with E-state index in [1.807, 2.05) is 86.1 Å². The van der Waals surface area contributed by atoms with E-state index in [1.165, 1.54) is 4.90 Å². The summed E-state index contributed by atoms with van der Waals surface area (Å²) in [5, 5.41) is 9.15. The molecule has 7 heteroatoms. The molecule has 0 bridgehead atoms. The molecule has 0 saturated heterocycles. The predicted molar refractivity (Wildman–Crippen MR) is 127 cm³/mol. The van der Waals surface area contributed by atoms with Crippen molar-refractivity contribution in [3.63, 3.8) is 0 Å². The van der Waals surface area contributed by atoms with Crippen LogP contribution in [0.1, 0.15) is 38.7 Å². The number of carbonyl (C=O) groups is 2. The number of hydrogen-bond acceptors (Lipinski definition) is 4. The summed E-state index contributed by atoms with van der Waals surface area (Å²) in [4.78, 5) is 27.8. The van der Waals surface area contributed by atoms with Crippen LogP contribution in [0.25, 0.3) is 11.4 Å². The van der Waals surface area contributed by atoms with Crippen LogP contribution in [0.5, 0.6) is 0 Å². The standard InChI is InChI=1S/C26H27N5O2/c1-17-23(19(3)30(27-17)21-12-8-6-9-13-21)16-29(5)26(33)25(32)24-18(2)28-31(20(24)4)22-14-10-7-11-15-22/h6-15H,16H2,1-5H3. The van der Waals surface area contributed by atoms with Gasteiger partial charge in [-0.05, 0) is 52.0 Å². The Hall–Kier alpha value is -4.00. The zero-order valence-corrected chi connectivity index (χ0v) is 19.5. The molecule has 0 saturated carbocycles. The maximum atomic E-state index is 13.2. The molecule has 0 aliphatic heterocycles. The molecule has 2 aromatic carbocycles. The molecule has 0 aliphatic carbocycles. The van der Waals surface area contributed by atoms with E-state index < -0.39 is 11.7 Å². The zero-order chi connectivity index (χ0) is 23.7. The molecule has 0 N–H and O–H groups in total. The van der Waals surface area contributed by atoms with Crippen LogP contribution >= 0.6 is 0 Å². The highest BCUT2D eigenvalue weighted by Crippen LogP contribution is 2.22. The van der Waals surface area contributed by atoms with E-state index in [0.29, 0.717) is 23.5 Å². The number of benzene rings is 2. The van der Waals surface area contributed by atoms with Crippen molar-refractivity contribution in [1.82, 2.24) is 24.5 Å². The number of ketones is 1. The highest BCUT2D eigenvalue weighted by molar-refractivity contribution is 6.43. The fourth-order valence-electron chi connectivity index (χ4n) is 4.11. The Balaban J connectivity index is 1.58. The summed E-state index contributed by atoms with van der Waals surface area (Å²) < 4.78 is 3.57. The molecule has 168 valence electrons. The lowest BCUT2D eigenvalue weighted by molar-refractivity contribution is -0.125. The third kappa shape index (κ3) is 4.09. The number of hydrogen-bond donors (Lipinski definition) is 0. The van der Waals surface area contributed by atoms with Gasteiger partial charge in [0.05, 0.1) is 34.0 Å². The van der Waals surface area contributed by atoms with E-state index in [4.69, 9.17) is 0 Å². The molecule has 7 nitrogen and oxygen atoms in total. The topological polar surface area (TPSA) is 73.0 Å². The van der Waals surface area contributed by atoms with Crippen molar-refractivity contribution in [2.75, 3.05) is 7.05 Å². The van der Waals surface area contributed by atoms with E-state index in [9.17, 15) is 9.59 Å². The number of rotatable bonds is 6. The van der Waals surface area contributed by atoms with Gasteiger partial charge in [-0.25, -0.2) is 9.36 Å². The van der Waals surface area contributed by atoms with Gasteiger partial charge in [-0.15, -0.1) is 0 Å². The smallest absolute Gasteiger partial charge is 0.295 e. The molecular formula is C26H27N5O2. The summed E-state index contributed by atoms with van der Waals surface area (Å²) in [7, 11) is 1.64. The second-order valence-corrected chi connectivity index (χ2v) is 8.18. The van der Waals surface area contributed by atoms with E-state index in [1.54, 1.807) is 18.7 Å². The highest BCUT2D eigenvalue weighted by Gasteiger charge is 2.28. The number of carbonyl (C=O) groups excluding carboxylic acids is 2. The number of amides is 1. The largest absolute Gasteiger partial charge is 0.334 e. The molecular weight excluding hydrogens is 414 g/mol. The van der Waals surface area contributed by atoms with Crippen LogP contribution in [0.15, 0.2) is 60.7 Å². The quantitative estimate of drug-likeness (QED) is 0.333. The van der Waals surface area contributed by atoms with Crippen LogP contribution in [0.3, 0.4) is 0 Å². The van der Waals surface area contributed by atoms with E-state index in [2.05, 4.69) is 10.2 Å². The van der Waals surface area contributed by atoms with Crippen LogP contribution in [0.4, 0.5) is 0 Å². The zero-order valence-electron chi connectivity index (χ0n) is 19.5. The normalized spacial score (nSPS) is 10.9. The van der Waals surface area contributed by atoms with Gasteiger partial charge in [0.2, 0.25) is 0 Å². The summed E-state index contributed by atoms with van der Waals surface area (Å²) in [6.45, 7) is 7.75. The molecule has 0 atom stereocenters. The van der Waals surface area contributed by atoms with Gasteiger partial charge in [-0.3, -0.25) is 9.59 Å². The molecule has 0 fully saturated rings. The minimum atomic E-state index is -0.569. The fourth-order valence-corrected chi connectivity index (χ4v) is 4.11. The number of aromatic nitrogens is 4. The molecule has 4 aromatic rings. The Morgan fingerprint density at radius 3 is 1.79 bits per heavy atom. The Morgan fingerprint density at radius 1 is 0.758 bits per heavy atom. The van der Waals surface area contributed by atoms with Crippen LogP contribution in [-0.4, -0.2) is 43.2 Å². The van der Waals surface area contributed by atoms with E-state index in [0.717, 1.165) is 28.3 Å². The Morgan fingerprint density at radius 2 is 1.24 bits per heavy atom. The second kappa shape index (κ2) is 8.86. The fraction of sp³-hybridized carbons (Fsp3) is 0.231. The third-order valence-corrected chi connectivity index (χ3v) is 5.90. The van der Waals surface area contributed by atoms with Crippen molar-refractivity contribution in [3.8, 4) is 11.4 Å². The molecule has 1 amide bonds. The highest BCUT2D eigenvalue weighted by atomic mass is 16.2. The van der Waals surface area contributed by atoms with Gasteiger partial charge in [-0.1, -0.05) is 36.4 Å². The molecule has 2 aromatic heterocycles. The SMILES string of the molecule is Cc1nn(-c2ccccc2)c(C)c1CN(C)C(=O)C(=O)c1c(C)nn(-c2ccccc2)c1C. The number of nitrogens with zero attached hydrogens (tertiary/aromatic N) is 5. The summed E-state index contributed by atoms with van der Waals surface area (Å²) in [5.41, 5.74) is 6.02. The first-order chi connectivity index (χ1) is 15.8. The first kappa shape index (κ1) is 22.2. The first-order valence-electron chi connectivity index (χ1n) is 10.8. The monoisotopic (exact) mass is 441 g/mol. The summed E-state index contributed by atoms with van der Waals surface area (Å²) in [6.07, 6.45) is 0. The lowest BCUT2D eigenvalue weighted by Crippen LogP contribution is -2.33. The molecule has 4 rings (SSSR count). The van der Waals surface area contributed by atoms with Gasteiger partial charge in [0.25, 0.3) is 11.7 Å². The summed E-state index contributed by atoms with van der Waals surface area (Å²) in [5.74, 6) is -1.12. The molecule has 2 heterocycles. The Labute approximate surface area is 193 Å². The first-order valence-corrected chi connectivity index (χ1v) is 10.8. The average molecular weight is 442 g/mol. The van der Waals surface area contributed by atoms with Gasteiger partial charge >= 0.3 is 0 Å². The van der Waals surface area contributed by atoms with Gasteiger partial charge in [0, 0.05) is 24.8 Å². The maximum absolute atomic E-state index is 13.2. The van der Waals surface area contributed by atoms with Gasteiger partial charge in [0.15, 0.2) is 0 Å². The number of aryl methyl sites for hydroxylation is 2. The van der Waals surface area contributed by atoms with Gasteiger partial charge in [0.1, 0.15) is 0 Å². The molecule has 0 aliphatic rings. The third-order valence-electron chi connectivity index (χ3n) is 5.90. The van der Waals surface area contributed by atoms with Crippen molar-refractivity contribution in [2.24, 2.45) is 0 Å². The number of para-hydroxylation sites is 2. The lowest BCUT2D eigenvalue weighted by Gasteiger charge is -2.17. The van der Waals surface area contributed by atoms with Crippen molar-refractivity contribution in [2.45, 2.75) is 34.2 Å². The second-order valence-electron chi connectivity index (χ2n) is 8.18. The lowest BCUT2D eigenvalue weighted by atomic mass is 10.1. The van der Waals surface area contributed by atoms with Crippen molar-refractivity contribution in [1.29, 1.82) is 0 Å². The van der Waals surface area contributed by atoms with Crippen molar-refractivity contribution in [3.05, 3.63) is 94.6 Å². The summed E-state index contributed by atoms with van der Waals surface area (Å²) in [6, 6.07) is 19.4. The average Bonchev–Trinajstić information content (AvgIpc) is 3.28. The summed E-state index contributed by atoms with van der Waals surface area (Å²) >= 11 is 0. The molecule has 0 radical (unpaired) electrons. The number of likely N-dealkylation sites (N-methyl/N-ethyl adjacent to an activating group) is 1. The van der Waals surface area contributed by atoms with Gasteiger partial charge in [-0.2, -0.15) is 10.2 Å². The maximum Gasteiger partial charge on any atom is 0.295 e. The van der Waals surface area contributed by atoms with Crippen LogP contribution < -0.4 is 0 Å². The van der Waals surface area contributed by atoms with E-state index in [-0.39, 0.29) is 0 Å². The Kier molecular flexibility index (Phi) is 5.96. The Bertz CT molecular complexity index is 1320. The van der Waals surface area contributed by atoms with Crippen LogP contribution in [0, 0.1) is 27.7 Å². The number of Topliss-reactive ketones (excluding diaryl/α,β-unsaturated/α-hetero) is 1. The minimum absolute atomic E-state index is 0.292. The van der Waals surface area contributed by atoms with Crippen LogP contribution in [0.2, 0.25) is 0 Å². The molecule has 33 heavy (non-hydrogen) atoms. The van der Waals surface area contributed by atoms with Gasteiger partial charge < -0.3 is 4.90 Å². The van der Waals surface area contributed by atoms with E-state index >= 15 is 0 Å². The van der Waals surface area contributed by atoms with Crippen molar-refractivity contribution < 1.29 is 9.59 Å². The predicted octanol–water partition coefficient (Wildman–Crippen LogP) is 4.13. The van der Waals surface area contributed by atoms with Crippen molar-refractivity contribution >= 4 is 11.7 Å². The van der Waals surface area contributed by atoms with Crippen LogP contribution in [-0.2, 0) is 11.3 Å².